The molecule has 0 saturated heterocycles. The Kier molecular flexibility index (Phi) is 5.29. The number of hydrogen-bond acceptors (Lipinski definition) is 4. The lowest BCUT2D eigenvalue weighted by atomic mass is 10.00. The summed E-state index contributed by atoms with van der Waals surface area (Å²) < 4.78 is 32.7. The number of rotatable bonds is 5. The van der Waals surface area contributed by atoms with Gasteiger partial charge in [-0.15, -0.1) is 0 Å². The van der Waals surface area contributed by atoms with Gasteiger partial charge in [0, 0.05) is 13.1 Å². The summed E-state index contributed by atoms with van der Waals surface area (Å²) >= 11 is 0. The first-order valence-corrected chi connectivity index (χ1v) is 9.88. The number of aryl methyl sites for hydroxylation is 1. The predicted octanol–water partition coefficient (Wildman–Crippen LogP) is 1.87. The maximum Gasteiger partial charge on any atom is 0.244 e. The molecule has 0 atom stereocenters. The zero-order valence-electron chi connectivity index (χ0n) is 14.9. The molecule has 2 aromatic carbocycles. The molecule has 1 amide bonds. The summed E-state index contributed by atoms with van der Waals surface area (Å²) in [6.45, 7) is 2.62. The van der Waals surface area contributed by atoms with Gasteiger partial charge >= 0.3 is 0 Å². The third kappa shape index (κ3) is 3.89. The third-order valence-corrected chi connectivity index (χ3v) is 5.93. The lowest BCUT2D eigenvalue weighted by Crippen LogP contribution is -2.42. The molecule has 0 fully saturated rings. The van der Waals surface area contributed by atoms with Crippen LogP contribution in [0, 0.1) is 6.92 Å². The molecule has 1 heterocycles. The molecule has 138 valence electrons. The predicted molar refractivity (Wildman–Crippen MR) is 98.5 cm³/mol. The summed E-state index contributed by atoms with van der Waals surface area (Å²) in [6, 6.07) is 12.9. The van der Waals surface area contributed by atoms with E-state index < -0.39 is 10.0 Å². The molecule has 0 bridgehead atoms. The van der Waals surface area contributed by atoms with E-state index in [4.69, 9.17) is 4.74 Å². The molecule has 0 aliphatic carbocycles. The molecule has 7 heteroatoms. The average molecular weight is 374 g/mol. The zero-order valence-corrected chi connectivity index (χ0v) is 15.7. The van der Waals surface area contributed by atoms with Gasteiger partial charge in [0.15, 0.2) is 0 Å². The quantitative estimate of drug-likeness (QED) is 0.867. The minimum atomic E-state index is -3.84. The highest BCUT2D eigenvalue weighted by atomic mass is 32.2. The standard InChI is InChI=1S/C19H22N2O4S/c1-14-7-8-17(25-2)18(11-14)26(23,24)20-12-19(22)21-10-9-15-5-3-4-6-16(15)13-21/h3-8,11,20H,9-10,12-13H2,1-2H3. The summed E-state index contributed by atoms with van der Waals surface area (Å²) in [6.07, 6.45) is 0.778. The number of fused-ring (bicyclic) bond motifs is 1. The van der Waals surface area contributed by atoms with Crippen LogP contribution in [0.5, 0.6) is 5.75 Å². The molecule has 3 rings (SSSR count). The second kappa shape index (κ2) is 7.47. The van der Waals surface area contributed by atoms with Crippen molar-refractivity contribution in [3.63, 3.8) is 0 Å². The second-order valence-electron chi connectivity index (χ2n) is 6.31. The Morgan fingerprint density at radius 2 is 1.92 bits per heavy atom. The Bertz CT molecular complexity index is 925. The molecule has 26 heavy (non-hydrogen) atoms. The number of sulfonamides is 1. The molecule has 1 N–H and O–H groups in total. The van der Waals surface area contributed by atoms with Gasteiger partial charge in [-0.25, -0.2) is 13.1 Å². The third-order valence-electron chi connectivity index (χ3n) is 4.51. The molecule has 1 aliphatic heterocycles. The van der Waals surface area contributed by atoms with E-state index in [-0.39, 0.29) is 23.1 Å². The maximum atomic E-state index is 12.6. The molecule has 0 unspecified atom stereocenters. The Balaban J connectivity index is 1.69. The van der Waals surface area contributed by atoms with E-state index in [1.165, 1.54) is 18.7 Å². The molecule has 0 radical (unpaired) electrons. The van der Waals surface area contributed by atoms with E-state index in [9.17, 15) is 13.2 Å². The van der Waals surface area contributed by atoms with Crippen molar-refractivity contribution in [2.24, 2.45) is 0 Å². The van der Waals surface area contributed by atoms with E-state index in [0.717, 1.165) is 17.5 Å². The molecular weight excluding hydrogens is 352 g/mol. The van der Waals surface area contributed by atoms with E-state index in [1.54, 1.807) is 24.0 Å². The van der Waals surface area contributed by atoms with E-state index >= 15 is 0 Å². The summed E-state index contributed by atoms with van der Waals surface area (Å²) in [5, 5.41) is 0. The first kappa shape index (κ1) is 18.4. The fraction of sp³-hybridized carbons (Fsp3) is 0.316. The van der Waals surface area contributed by atoms with Crippen LogP contribution in [0.25, 0.3) is 0 Å². The average Bonchev–Trinajstić information content (AvgIpc) is 2.65. The van der Waals surface area contributed by atoms with E-state index in [1.807, 2.05) is 18.2 Å². The van der Waals surface area contributed by atoms with Crippen molar-refractivity contribution in [2.45, 2.75) is 24.8 Å². The fourth-order valence-electron chi connectivity index (χ4n) is 3.05. The van der Waals surface area contributed by atoms with Crippen molar-refractivity contribution < 1.29 is 17.9 Å². The number of methoxy groups -OCH3 is 1. The first-order valence-electron chi connectivity index (χ1n) is 8.39. The van der Waals surface area contributed by atoms with Gasteiger partial charge < -0.3 is 9.64 Å². The minimum Gasteiger partial charge on any atom is -0.495 e. The highest BCUT2D eigenvalue weighted by molar-refractivity contribution is 7.89. The molecule has 0 saturated carbocycles. The topological polar surface area (TPSA) is 75.7 Å². The normalized spacial score (nSPS) is 14.0. The number of ether oxygens (including phenoxy) is 1. The monoisotopic (exact) mass is 374 g/mol. The minimum absolute atomic E-state index is 0.0387. The number of carbonyl (C=O) groups excluding carboxylic acids is 1. The van der Waals surface area contributed by atoms with E-state index in [0.29, 0.717) is 13.1 Å². The van der Waals surface area contributed by atoms with Crippen molar-refractivity contribution in [3.05, 3.63) is 59.2 Å². The van der Waals surface area contributed by atoms with Gasteiger partial charge in [0.25, 0.3) is 0 Å². The number of nitrogens with one attached hydrogen (secondary N) is 1. The summed E-state index contributed by atoms with van der Waals surface area (Å²) in [5.41, 5.74) is 3.14. The van der Waals surface area contributed by atoms with Crippen LogP contribution in [-0.4, -0.2) is 39.4 Å². The van der Waals surface area contributed by atoms with Gasteiger partial charge in [-0.1, -0.05) is 30.3 Å². The molecule has 2 aromatic rings. The van der Waals surface area contributed by atoms with Crippen LogP contribution in [0.4, 0.5) is 0 Å². The van der Waals surface area contributed by atoms with Crippen molar-refractivity contribution >= 4 is 15.9 Å². The van der Waals surface area contributed by atoms with Gasteiger partial charge in [-0.3, -0.25) is 4.79 Å². The first-order chi connectivity index (χ1) is 12.4. The maximum absolute atomic E-state index is 12.6. The molecule has 0 spiro atoms. The van der Waals surface area contributed by atoms with Crippen LogP contribution in [0.2, 0.25) is 0 Å². The Labute approximate surface area is 153 Å². The van der Waals surface area contributed by atoms with Crippen LogP contribution < -0.4 is 9.46 Å². The molecular formula is C19H22N2O4S. The number of amides is 1. The highest BCUT2D eigenvalue weighted by Crippen LogP contribution is 2.24. The Hall–Kier alpha value is -2.38. The Morgan fingerprint density at radius 3 is 2.65 bits per heavy atom. The van der Waals surface area contributed by atoms with Crippen molar-refractivity contribution in [1.29, 1.82) is 0 Å². The van der Waals surface area contributed by atoms with Gasteiger partial charge in [-0.05, 0) is 42.2 Å². The van der Waals surface area contributed by atoms with Gasteiger partial charge in [0.05, 0.1) is 13.7 Å². The molecule has 1 aliphatic rings. The molecule has 6 nitrogen and oxygen atoms in total. The number of benzene rings is 2. The number of hydrogen-bond donors (Lipinski definition) is 1. The smallest absolute Gasteiger partial charge is 0.244 e. The van der Waals surface area contributed by atoms with Crippen LogP contribution in [0.15, 0.2) is 47.4 Å². The Morgan fingerprint density at radius 1 is 1.19 bits per heavy atom. The summed E-state index contributed by atoms with van der Waals surface area (Å²) in [4.78, 5) is 14.2. The van der Waals surface area contributed by atoms with Crippen LogP contribution in [0.3, 0.4) is 0 Å². The number of carbonyl (C=O) groups is 1. The van der Waals surface area contributed by atoms with Crippen LogP contribution >= 0.6 is 0 Å². The highest BCUT2D eigenvalue weighted by Gasteiger charge is 2.24. The number of nitrogens with zero attached hydrogens (tertiary/aromatic N) is 1. The lowest BCUT2D eigenvalue weighted by Gasteiger charge is -2.29. The molecule has 0 aromatic heterocycles. The van der Waals surface area contributed by atoms with Crippen molar-refractivity contribution in [3.8, 4) is 5.75 Å². The van der Waals surface area contributed by atoms with Crippen molar-refractivity contribution in [2.75, 3.05) is 20.2 Å². The van der Waals surface area contributed by atoms with Crippen LogP contribution in [-0.2, 0) is 27.8 Å². The van der Waals surface area contributed by atoms with Crippen LogP contribution in [0.1, 0.15) is 16.7 Å². The fourth-order valence-corrected chi connectivity index (χ4v) is 4.28. The SMILES string of the molecule is COc1ccc(C)cc1S(=O)(=O)NCC(=O)N1CCc2ccccc2C1. The second-order valence-corrected chi connectivity index (χ2v) is 8.05. The summed E-state index contributed by atoms with van der Waals surface area (Å²) in [7, 11) is -2.43. The lowest BCUT2D eigenvalue weighted by molar-refractivity contribution is -0.130. The summed E-state index contributed by atoms with van der Waals surface area (Å²) in [5.74, 6) is 0.0112. The van der Waals surface area contributed by atoms with Gasteiger partial charge in [0.2, 0.25) is 15.9 Å². The largest absolute Gasteiger partial charge is 0.495 e. The zero-order chi connectivity index (χ0) is 18.7. The van der Waals surface area contributed by atoms with Gasteiger partial charge in [-0.2, -0.15) is 0 Å². The van der Waals surface area contributed by atoms with Crippen molar-refractivity contribution in [1.82, 2.24) is 9.62 Å². The van der Waals surface area contributed by atoms with Gasteiger partial charge in [0.1, 0.15) is 10.6 Å². The van der Waals surface area contributed by atoms with E-state index in [2.05, 4.69) is 10.8 Å².